The van der Waals surface area contributed by atoms with Gasteiger partial charge in [-0.3, -0.25) is 20.4 Å². The van der Waals surface area contributed by atoms with E-state index in [0.717, 1.165) is 114 Å². The van der Waals surface area contributed by atoms with E-state index in [2.05, 4.69) is 118 Å². The topological polar surface area (TPSA) is 185 Å². The van der Waals surface area contributed by atoms with Crippen LogP contribution < -0.4 is 15.6 Å². The van der Waals surface area contributed by atoms with Crippen LogP contribution in [-0.2, 0) is 0 Å². The summed E-state index contributed by atoms with van der Waals surface area (Å²) in [5.74, 6) is 0.370. The standard InChI is InChI=1S/C66H101N11O3/c1-16-24-28-44(20-5)42-76(50(22-7)30-26-18-3)62(78)46-32-36-48(37-33-46)72-74-58-54(65(9,10)11)40-52(56(58)67)60-69-61(71-64(70-60)80-15)53-41-55(66(12,13)14)59(57(53)68)75-73-49-38-34-47(35-39-49)63(79)77(51(23-8)31-27-19-4)43-45(21-6)29-25-17-2/h32-41,44-45,50-53,67-68,72-73H,16-31,42-43H2,1-15H3. The summed E-state index contributed by atoms with van der Waals surface area (Å²) in [5.41, 5.74) is 11.5. The van der Waals surface area contributed by atoms with Gasteiger partial charge in [0.05, 0.1) is 41.7 Å². The summed E-state index contributed by atoms with van der Waals surface area (Å²) in [6.45, 7) is 31.8. The number of benzene rings is 2. The first-order valence-electron chi connectivity index (χ1n) is 30.6. The van der Waals surface area contributed by atoms with Gasteiger partial charge in [0.15, 0.2) is 0 Å². The van der Waals surface area contributed by atoms with Crippen LogP contribution in [0.2, 0.25) is 0 Å². The minimum absolute atomic E-state index is 0.0724. The molecule has 14 heteroatoms. The van der Waals surface area contributed by atoms with E-state index in [4.69, 9.17) is 29.9 Å². The van der Waals surface area contributed by atoms with Crippen LogP contribution in [-0.4, -0.2) is 91.7 Å². The average Bonchev–Trinajstić information content (AvgIpc) is 4.02. The van der Waals surface area contributed by atoms with Gasteiger partial charge in [0.1, 0.15) is 23.1 Å². The highest BCUT2D eigenvalue weighted by Gasteiger charge is 2.41. The van der Waals surface area contributed by atoms with Crippen molar-refractivity contribution in [2.45, 2.75) is 224 Å². The molecule has 0 radical (unpaired) electrons. The number of nitrogens with one attached hydrogen (secondary N) is 4. The molecule has 0 saturated heterocycles. The summed E-state index contributed by atoms with van der Waals surface area (Å²) >= 11 is 0. The number of nitrogens with zero attached hydrogens (tertiary/aromatic N) is 7. The second-order valence-electron chi connectivity index (χ2n) is 24.4. The third-order valence-corrected chi connectivity index (χ3v) is 16.3. The number of unbranched alkanes of at least 4 members (excludes halogenated alkanes) is 4. The molecule has 0 saturated carbocycles. The van der Waals surface area contributed by atoms with E-state index in [0.29, 0.717) is 57.4 Å². The van der Waals surface area contributed by atoms with Crippen LogP contribution in [0.5, 0.6) is 6.01 Å². The van der Waals surface area contributed by atoms with Crippen LogP contribution in [0, 0.1) is 33.5 Å². The maximum atomic E-state index is 14.3. The van der Waals surface area contributed by atoms with Crippen LogP contribution in [0.1, 0.15) is 244 Å². The maximum absolute atomic E-state index is 14.3. The van der Waals surface area contributed by atoms with Crippen molar-refractivity contribution in [3.05, 3.63) is 94.6 Å². The average molecular weight is 1100 g/mol. The van der Waals surface area contributed by atoms with Crippen molar-refractivity contribution in [3.8, 4) is 6.01 Å². The summed E-state index contributed by atoms with van der Waals surface area (Å²) in [7, 11) is 1.50. The van der Waals surface area contributed by atoms with Crippen molar-refractivity contribution in [1.82, 2.24) is 24.8 Å². The highest BCUT2D eigenvalue weighted by atomic mass is 16.5. The molecule has 2 amide bonds. The summed E-state index contributed by atoms with van der Waals surface area (Å²) in [6.07, 6.45) is 21.2. The Morgan fingerprint density at radius 2 is 0.900 bits per heavy atom. The van der Waals surface area contributed by atoms with Crippen LogP contribution >= 0.6 is 0 Å². The van der Waals surface area contributed by atoms with Gasteiger partial charge >= 0.3 is 6.01 Å². The largest absolute Gasteiger partial charge is 0.467 e. The lowest BCUT2D eigenvalue weighted by molar-refractivity contribution is 0.0606. The zero-order valence-electron chi connectivity index (χ0n) is 51.8. The number of amides is 2. The minimum atomic E-state index is -0.674. The molecule has 6 unspecified atom stereocenters. The molecule has 0 fully saturated rings. The lowest BCUT2D eigenvalue weighted by Gasteiger charge is -2.34. The Labute approximate surface area is 482 Å². The first kappa shape index (κ1) is 64.8. The normalized spacial score (nSPS) is 18.2. The van der Waals surface area contributed by atoms with Gasteiger partial charge in [-0.2, -0.15) is 20.2 Å². The van der Waals surface area contributed by atoms with Gasteiger partial charge in [0.25, 0.3) is 11.8 Å². The lowest BCUT2D eigenvalue weighted by atomic mass is 9.85. The quantitative estimate of drug-likeness (QED) is 0.0459. The molecule has 438 valence electrons. The lowest BCUT2D eigenvalue weighted by Crippen LogP contribution is -2.43. The first-order valence-corrected chi connectivity index (χ1v) is 30.6. The highest BCUT2D eigenvalue weighted by Crippen LogP contribution is 2.40. The smallest absolute Gasteiger partial charge is 0.319 e. The van der Waals surface area contributed by atoms with Crippen LogP contribution in [0.25, 0.3) is 0 Å². The van der Waals surface area contributed by atoms with E-state index in [1.165, 1.54) is 20.0 Å². The van der Waals surface area contributed by atoms with E-state index in [1.54, 1.807) is 0 Å². The highest BCUT2D eigenvalue weighted by molar-refractivity contribution is 6.52. The van der Waals surface area contributed by atoms with E-state index in [-0.39, 0.29) is 41.3 Å². The number of anilines is 2. The van der Waals surface area contributed by atoms with Crippen molar-refractivity contribution in [2.24, 2.45) is 32.9 Å². The Kier molecular flexibility index (Phi) is 24.8. The summed E-state index contributed by atoms with van der Waals surface area (Å²) in [6, 6.07) is 15.6. The molecule has 4 N–H and O–H groups in total. The Balaban J connectivity index is 1.39. The molecule has 3 aromatic rings. The van der Waals surface area contributed by atoms with Crippen molar-refractivity contribution < 1.29 is 14.3 Å². The SMILES string of the molecule is CCCCC(CC)CN(C(=O)c1ccc(NN=C2C(=N)C(c3nc(OC)nc(C4C=C(C(C)(C)C)C(=NNc5ccc(C(=O)N(CC(CC)CCCC)C(CC)CCCC)cc5)C4=N)n3)C=C2C(C)(C)C)cc1)C(CC)CCCC. The molecule has 0 aliphatic heterocycles. The fourth-order valence-electron chi connectivity index (χ4n) is 11.0. The van der Waals surface area contributed by atoms with E-state index in [9.17, 15) is 20.4 Å². The second kappa shape index (κ2) is 30.7. The molecule has 1 heterocycles. The molecule has 2 aliphatic rings. The Bertz CT molecular complexity index is 2460. The summed E-state index contributed by atoms with van der Waals surface area (Å²) in [4.78, 5) is 47.4. The zero-order valence-corrected chi connectivity index (χ0v) is 51.8. The molecular weight excluding hydrogens is 995 g/mol. The van der Waals surface area contributed by atoms with Crippen LogP contribution in [0.3, 0.4) is 0 Å². The molecule has 14 nitrogen and oxygen atoms in total. The van der Waals surface area contributed by atoms with Crippen LogP contribution in [0.4, 0.5) is 11.4 Å². The van der Waals surface area contributed by atoms with Gasteiger partial charge in [-0.25, -0.2) is 4.98 Å². The number of hydrogen-bond acceptors (Lipinski definition) is 12. The van der Waals surface area contributed by atoms with Gasteiger partial charge in [0, 0.05) is 36.3 Å². The molecule has 80 heavy (non-hydrogen) atoms. The third-order valence-electron chi connectivity index (χ3n) is 16.3. The van der Waals surface area contributed by atoms with Crippen molar-refractivity contribution in [3.63, 3.8) is 0 Å². The number of hydrogen-bond donors (Lipinski definition) is 4. The first-order chi connectivity index (χ1) is 38.2. The Morgan fingerprint density at radius 3 is 1.20 bits per heavy atom. The molecule has 1 aromatic heterocycles. The monoisotopic (exact) mass is 1100 g/mol. The number of methoxy groups -OCH3 is 1. The van der Waals surface area contributed by atoms with Crippen molar-refractivity contribution >= 4 is 46.0 Å². The number of allylic oxidation sites excluding steroid dienone is 4. The van der Waals surface area contributed by atoms with Gasteiger partial charge < -0.3 is 25.4 Å². The zero-order chi connectivity index (χ0) is 58.7. The molecule has 5 rings (SSSR count). The third kappa shape index (κ3) is 17.0. The van der Waals surface area contributed by atoms with E-state index < -0.39 is 22.7 Å². The Hall–Kier alpha value is -6.05. The molecule has 2 aromatic carbocycles. The minimum Gasteiger partial charge on any atom is -0.467 e. The van der Waals surface area contributed by atoms with Crippen molar-refractivity contribution in [1.29, 1.82) is 10.8 Å². The molecular formula is C66H101N11O3. The number of carbonyl (C=O) groups is 2. The summed E-state index contributed by atoms with van der Waals surface area (Å²) in [5, 5.41) is 29.0. The van der Waals surface area contributed by atoms with Gasteiger partial charge in [-0.15, -0.1) is 0 Å². The molecule has 0 spiro atoms. The number of ether oxygens (including phenoxy) is 1. The summed E-state index contributed by atoms with van der Waals surface area (Å²) < 4.78 is 5.69. The number of hydrazone groups is 2. The second-order valence-corrected chi connectivity index (χ2v) is 24.4. The van der Waals surface area contributed by atoms with E-state index in [1.807, 2.05) is 60.7 Å². The maximum Gasteiger partial charge on any atom is 0.319 e. The van der Waals surface area contributed by atoms with Crippen LogP contribution in [0.15, 0.2) is 82.0 Å². The molecule has 6 atom stereocenters. The van der Waals surface area contributed by atoms with Crippen molar-refractivity contribution in [2.75, 3.05) is 31.1 Å². The molecule has 0 bridgehead atoms. The predicted molar refractivity (Wildman–Crippen MR) is 333 cm³/mol. The number of aromatic nitrogens is 3. The van der Waals surface area contributed by atoms with Gasteiger partial charge in [0.2, 0.25) is 0 Å². The fourth-order valence-corrected chi connectivity index (χ4v) is 11.0. The van der Waals surface area contributed by atoms with Gasteiger partial charge in [-0.1, -0.05) is 173 Å². The number of carbonyl (C=O) groups excluding carboxylic acids is 2. The Morgan fingerprint density at radius 1 is 0.550 bits per heavy atom. The fraction of sp³-hybridized carbons (Fsp3) is 0.621. The number of rotatable bonds is 31. The van der Waals surface area contributed by atoms with E-state index >= 15 is 0 Å². The predicted octanol–water partition coefficient (Wildman–Crippen LogP) is 16.3. The molecule has 2 aliphatic carbocycles. The van der Waals surface area contributed by atoms with Gasteiger partial charge in [-0.05, 0) is 121 Å².